The molecule has 3 aromatic rings. The van der Waals surface area contributed by atoms with Crippen LogP contribution in [0, 0.1) is 6.92 Å². The molecule has 0 fully saturated rings. The molecule has 2 aliphatic heterocycles. The SMILES string of the molecule is CCCCCCCCCCCNc1cc2c(cc1C)Oc1cc(N(CC)CC)ccc1C21OC(=O)c2ccccc21. The molecule has 0 bridgehead atoms. The first-order valence-corrected chi connectivity index (χ1v) is 15.8. The summed E-state index contributed by atoms with van der Waals surface area (Å²) in [6.45, 7) is 11.4. The van der Waals surface area contributed by atoms with Crippen molar-refractivity contribution in [2.24, 2.45) is 0 Å². The summed E-state index contributed by atoms with van der Waals surface area (Å²) >= 11 is 0. The second kappa shape index (κ2) is 13.0. The number of hydrogen-bond donors (Lipinski definition) is 1. The highest BCUT2D eigenvalue weighted by Crippen LogP contribution is 2.57. The topological polar surface area (TPSA) is 50.8 Å². The molecular formula is C36H46N2O3. The minimum absolute atomic E-state index is 0.294. The molecule has 5 heteroatoms. The Bertz CT molecular complexity index is 1360. The van der Waals surface area contributed by atoms with Crippen LogP contribution in [0.25, 0.3) is 0 Å². The highest BCUT2D eigenvalue weighted by molar-refractivity contribution is 5.97. The van der Waals surface area contributed by atoms with Crippen LogP contribution in [0.3, 0.4) is 0 Å². The van der Waals surface area contributed by atoms with Gasteiger partial charge < -0.3 is 19.7 Å². The third-order valence-corrected chi connectivity index (χ3v) is 8.77. The molecule has 0 radical (unpaired) electrons. The van der Waals surface area contributed by atoms with E-state index in [0.29, 0.717) is 5.56 Å². The summed E-state index contributed by atoms with van der Waals surface area (Å²) in [7, 11) is 0. The van der Waals surface area contributed by atoms with Gasteiger partial charge in [0, 0.05) is 53.8 Å². The lowest BCUT2D eigenvalue weighted by molar-refractivity contribution is 0.0224. The number of nitrogens with one attached hydrogen (secondary N) is 1. The average molecular weight is 555 g/mol. The molecule has 2 heterocycles. The van der Waals surface area contributed by atoms with Gasteiger partial charge in [-0.05, 0) is 63.1 Å². The van der Waals surface area contributed by atoms with Crippen molar-refractivity contribution in [2.75, 3.05) is 29.9 Å². The van der Waals surface area contributed by atoms with E-state index >= 15 is 0 Å². The van der Waals surface area contributed by atoms with Crippen molar-refractivity contribution in [3.8, 4) is 11.5 Å². The number of fused-ring (bicyclic) bond motifs is 6. The number of hydrogen-bond acceptors (Lipinski definition) is 5. The van der Waals surface area contributed by atoms with Gasteiger partial charge in [-0.1, -0.05) is 76.5 Å². The van der Waals surface area contributed by atoms with E-state index in [-0.39, 0.29) is 5.97 Å². The third kappa shape index (κ3) is 5.68. The predicted octanol–water partition coefficient (Wildman–Crippen LogP) is 9.35. The van der Waals surface area contributed by atoms with Crippen LogP contribution in [-0.2, 0) is 10.3 Å². The molecule has 3 aromatic carbocycles. The smallest absolute Gasteiger partial charge is 0.340 e. The van der Waals surface area contributed by atoms with Crippen LogP contribution in [0.4, 0.5) is 11.4 Å². The lowest BCUT2D eigenvalue weighted by Crippen LogP contribution is -2.33. The second-order valence-electron chi connectivity index (χ2n) is 11.5. The molecule has 1 unspecified atom stereocenters. The van der Waals surface area contributed by atoms with Crippen LogP contribution < -0.4 is 15.0 Å². The van der Waals surface area contributed by atoms with Crippen LogP contribution in [0.1, 0.15) is 111 Å². The average Bonchev–Trinajstić information content (AvgIpc) is 3.28. The van der Waals surface area contributed by atoms with Crippen LogP contribution >= 0.6 is 0 Å². The summed E-state index contributed by atoms with van der Waals surface area (Å²) in [6.07, 6.45) is 11.8. The van der Waals surface area contributed by atoms with Crippen molar-refractivity contribution < 1.29 is 14.3 Å². The Morgan fingerprint density at radius 1 is 0.756 bits per heavy atom. The number of carbonyl (C=O) groups is 1. The fourth-order valence-electron chi connectivity index (χ4n) is 6.44. The molecule has 2 aliphatic rings. The van der Waals surface area contributed by atoms with Gasteiger partial charge in [0.25, 0.3) is 0 Å². The summed E-state index contributed by atoms with van der Waals surface area (Å²) in [6, 6.07) is 18.3. The molecule has 5 rings (SSSR count). The van der Waals surface area contributed by atoms with Gasteiger partial charge in [-0.2, -0.15) is 0 Å². The van der Waals surface area contributed by atoms with Crippen molar-refractivity contribution in [1.29, 1.82) is 0 Å². The molecule has 1 spiro atoms. The summed E-state index contributed by atoms with van der Waals surface area (Å²) in [5.74, 6) is 1.18. The molecule has 218 valence electrons. The zero-order valence-corrected chi connectivity index (χ0v) is 25.4. The van der Waals surface area contributed by atoms with E-state index in [0.717, 1.165) is 71.2 Å². The minimum Gasteiger partial charge on any atom is -0.456 e. The first kappa shape index (κ1) is 29.0. The van der Waals surface area contributed by atoms with E-state index in [2.05, 4.69) is 68.2 Å². The molecule has 1 atom stereocenters. The number of benzene rings is 3. The van der Waals surface area contributed by atoms with E-state index in [9.17, 15) is 4.79 Å². The van der Waals surface area contributed by atoms with Gasteiger partial charge in [0.2, 0.25) is 0 Å². The van der Waals surface area contributed by atoms with Gasteiger partial charge in [-0.15, -0.1) is 0 Å². The van der Waals surface area contributed by atoms with Crippen molar-refractivity contribution in [1.82, 2.24) is 0 Å². The molecule has 1 N–H and O–H groups in total. The Morgan fingerprint density at radius 3 is 2.17 bits per heavy atom. The van der Waals surface area contributed by atoms with Crippen molar-refractivity contribution in [3.05, 3.63) is 82.4 Å². The lowest BCUT2D eigenvalue weighted by Gasteiger charge is -2.37. The molecule has 0 aliphatic carbocycles. The molecule has 41 heavy (non-hydrogen) atoms. The van der Waals surface area contributed by atoms with E-state index in [1.54, 1.807) is 0 Å². The maximum absolute atomic E-state index is 13.3. The first-order chi connectivity index (χ1) is 20.0. The van der Waals surface area contributed by atoms with E-state index in [4.69, 9.17) is 9.47 Å². The summed E-state index contributed by atoms with van der Waals surface area (Å²) in [5, 5.41) is 3.68. The fourth-order valence-corrected chi connectivity index (χ4v) is 6.44. The zero-order valence-electron chi connectivity index (χ0n) is 25.4. The van der Waals surface area contributed by atoms with Crippen molar-refractivity contribution >= 4 is 17.3 Å². The molecular weight excluding hydrogens is 508 g/mol. The van der Waals surface area contributed by atoms with Crippen LogP contribution in [0.5, 0.6) is 11.5 Å². The zero-order chi connectivity index (χ0) is 28.8. The number of nitrogens with zero attached hydrogens (tertiary/aromatic N) is 1. The number of carbonyl (C=O) groups excluding carboxylic acids is 1. The highest BCUT2D eigenvalue weighted by Gasteiger charge is 2.53. The monoisotopic (exact) mass is 554 g/mol. The number of esters is 1. The predicted molar refractivity (Wildman–Crippen MR) is 169 cm³/mol. The fraction of sp³-hybridized carbons (Fsp3) is 0.472. The van der Waals surface area contributed by atoms with Gasteiger partial charge in [0.1, 0.15) is 11.5 Å². The number of ether oxygens (including phenoxy) is 2. The van der Waals surface area contributed by atoms with E-state index < -0.39 is 5.60 Å². The normalized spacial score (nSPS) is 16.5. The van der Waals surface area contributed by atoms with Gasteiger partial charge in [-0.3, -0.25) is 0 Å². The highest BCUT2D eigenvalue weighted by atomic mass is 16.6. The molecule has 0 amide bonds. The number of anilines is 2. The summed E-state index contributed by atoms with van der Waals surface area (Å²) < 4.78 is 13.0. The van der Waals surface area contributed by atoms with Gasteiger partial charge in [0.05, 0.1) is 5.56 Å². The van der Waals surface area contributed by atoms with Gasteiger partial charge >= 0.3 is 5.97 Å². The van der Waals surface area contributed by atoms with Crippen LogP contribution in [-0.4, -0.2) is 25.6 Å². The number of unbranched alkanes of at least 4 members (excludes halogenated alkanes) is 8. The van der Waals surface area contributed by atoms with Crippen molar-refractivity contribution in [2.45, 2.75) is 91.1 Å². The minimum atomic E-state index is -1.04. The van der Waals surface area contributed by atoms with Crippen LogP contribution in [0.2, 0.25) is 0 Å². The number of rotatable bonds is 14. The molecule has 5 nitrogen and oxygen atoms in total. The maximum atomic E-state index is 13.3. The quantitative estimate of drug-likeness (QED) is 0.159. The lowest BCUT2D eigenvalue weighted by atomic mass is 9.77. The number of aryl methyl sites for hydroxylation is 1. The van der Waals surface area contributed by atoms with Gasteiger partial charge in [-0.25, -0.2) is 4.79 Å². The summed E-state index contributed by atoms with van der Waals surface area (Å²) in [5.41, 5.74) is 5.47. The maximum Gasteiger partial charge on any atom is 0.340 e. The Balaban J connectivity index is 1.41. The second-order valence-corrected chi connectivity index (χ2v) is 11.5. The van der Waals surface area contributed by atoms with Crippen LogP contribution in [0.15, 0.2) is 54.6 Å². The molecule has 0 aromatic heterocycles. The Hall–Kier alpha value is -3.47. The Labute approximate surface area is 246 Å². The first-order valence-electron chi connectivity index (χ1n) is 15.8. The Morgan fingerprint density at radius 2 is 1.44 bits per heavy atom. The third-order valence-electron chi connectivity index (χ3n) is 8.77. The van der Waals surface area contributed by atoms with E-state index in [1.165, 1.54) is 51.4 Å². The molecule has 0 saturated heterocycles. The molecule has 0 saturated carbocycles. The van der Waals surface area contributed by atoms with Gasteiger partial charge in [0.15, 0.2) is 5.60 Å². The Kier molecular flexibility index (Phi) is 9.22. The largest absolute Gasteiger partial charge is 0.456 e. The van der Waals surface area contributed by atoms with E-state index in [1.807, 2.05) is 24.3 Å². The standard InChI is InChI=1S/C36H46N2O3/c1-5-8-9-10-11-12-13-14-17-22-37-32-25-31-33(23-26(32)4)40-34-24-27(38(6-2)7-3)20-21-30(34)36(31)29-19-16-15-18-28(29)35(39)41-36/h15-16,18-21,23-25,37H,5-14,17,22H2,1-4H3. The summed E-state index contributed by atoms with van der Waals surface area (Å²) in [4.78, 5) is 15.6. The van der Waals surface area contributed by atoms with Crippen molar-refractivity contribution in [3.63, 3.8) is 0 Å².